The summed E-state index contributed by atoms with van der Waals surface area (Å²) in [5.41, 5.74) is 1.95. The zero-order chi connectivity index (χ0) is 19.3. The number of fused-ring (bicyclic) bond motifs is 1. The molecule has 2 heterocycles. The minimum absolute atomic E-state index is 0.0523. The lowest BCUT2D eigenvalue weighted by atomic mass is 9.85. The van der Waals surface area contributed by atoms with Crippen LogP contribution in [0.3, 0.4) is 0 Å². The Morgan fingerprint density at radius 1 is 1.15 bits per heavy atom. The lowest BCUT2D eigenvalue weighted by molar-refractivity contribution is -0.154. The predicted octanol–water partition coefficient (Wildman–Crippen LogP) is 4.02. The Bertz CT molecular complexity index is 603. The van der Waals surface area contributed by atoms with Crippen LogP contribution in [-0.4, -0.2) is 55.5 Å². The first kappa shape index (κ1) is 20.4. The van der Waals surface area contributed by atoms with E-state index in [2.05, 4.69) is 9.88 Å². The second kappa shape index (κ2) is 9.24. The molecule has 1 fully saturated rings. The molecule has 3 rings (SSSR count). The van der Waals surface area contributed by atoms with Crippen molar-refractivity contribution in [1.82, 2.24) is 9.88 Å². The smallest absolute Gasteiger partial charge is 0.422 e. The molecule has 2 aliphatic rings. The van der Waals surface area contributed by atoms with Crippen LogP contribution >= 0.6 is 0 Å². The highest BCUT2D eigenvalue weighted by atomic mass is 19.4. The molecule has 0 aromatic carbocycles. The van der Waals surface area contributed by atoms with E-state index in [0.29, 0.717) is 5.92 Å². The molecular weight excluding hydrogens is 357 g/mol. The third-order valence-corrected chi connectivity index (χ3v) is 5.71. The van der Waals surface area contributed by atoms with Gasteiger partial charge in [-0.3, -0.25) is 0 Å². The van der Waals surface area contributed by atoms with Crippen LogP contribution < -0.4 is 4.74 Å². The minimum Gasteiger partial charge on any atom is -0.468 e. The van der Waals surface area contributed by atoms with E-state index < -0.39 is 12.8 Å². The number of halogens is 3. The summed E-state index contributed by atoms with van der Waals surface area (Å²) in [5.74, 6) is 0.686. The van der Waals surface area contributed by atoms with Gasteiger partial charge in [-0.05, 0) is 30.7 Å². The topological polar surface area (TPSA) is 34.6 Å². The summed E-state index contributed by atoms with van der Waals surface area (Å²) < 4.78 is 47.6. The summed E-state index contributed by atoms with van der Waals surface area (Å²) in [7, 11) is 1.80. The van der Waals surface area contributed by atoms with Crippen molar-refractivity contribution in [3.05, 3.63) is 23.4 Å². The predicted molar refractivity (Wildman–Crippen MR) is 97.0 cm³/mol. The van der Waals surface area contributed by atoms with Crippen molar-refractivity contribution >= 4 is 0 Å². The molecule has 152 valence electrons. The minimum atomic E-state index is -4.35. The molecule has 27 heavy (non-hydrogen) atoms. The van der Waals surface area contributed by atoms with Gasteiger partial charge < -0.3 is 14.4 Å². The molecule has 0 radical (unpaired) electrons. The highest BCUT2D eigenvalue weighted by Crippen LogP contribution is 2.29. The average Bonchev–Trinajstić information content (AvgIpc) is 2.86. The van der Waals surface area contributed by atoms with Crippen LogP contribution in [0.25, 0.3) is 0 Å². The number of alkyl halides is 3. The quantitative estimate of drug-likeness (QED) is 0.740. The van der Waals surface area contributed by atoms with E-state index >= 15 is 0 Å². The summed E-state index contributed by atoms with van der Waals surface area (Å²) >= 11 is 0. The summed E-state index contributed by atoms with van der Waals surface area (Å²) in [6, 6.07) is 3.40. The van der Waals surface area contributed by atoms with E-state index in [1.165, 1.54) is 32.1 Å². The second-order valence-corrected chi connectivity index (χ2v) is 7.63. The van der Waals surface area contributed by atoms with Gasteiger partial charge in [-0.2, -0.15) is 13.2 Å². The number of methoxy groups -OCH3 is 1. The molecule has 0 saturated heterocycles. The van der Waals surface area contributed by atoms with Crippen molar-refractivity contribution in [2.45, 2.75) is 57.2 Å². The van der Waals surface area contributed by atoms with E-state index in [9.17, 15) is 13.2 Å². The number of hydrogen-bond acceptors (Lipinski definition) is 4. The molecule has 0 N–H and O–H groups in total. The molecule has 1 atom stereocenters. The Kier molecular flexibility index (Phi) is 6.98. The molecule has 0 bridgehead atoms. The SMILES string of the molecule is CO[C@@H](CN1CCc2ccc(OCC(F)(F)F)nc2CC1)C1CCCCC1. The van der Waals surface area contributed by atoms with E-state index in [0.717, 1.165) is 43.7 Å². The van der Waals surface area contributed by atoms with Crippen molar-refractivity contribution in [2.75, 3.05) is 33.4 Å². The summed E-state index contributed by atoms with van der Waals surface area (Å²) in [4.78, 5) is 6.72. The van der Waals surface area contributed by atoms with Gasteiger partial charge in [0.05, 0.1) is 6.10 Å². The molecule has 0 amide bonds. The first-order valence-corrected chi connectivity index (χ1v) is 9.88. The molecule has 0 unspecified atom stereocenters. The van der Waals surface area contributed by atoms with Crippen molar-refractivity contribution in [2.24, 2.45) is 5.92 Å². The molecule has 1 aliphatic heterocycles. The maximum absolute atomic E-state index is 12.3. The van der Waals surface area contributed by atoms with Gasteiger partial charge in [0.1, 0.15) is 0 Å². The standard InChI is InChI=1S/C20H29F3N2O2/c1-26-18(16-5-3-2-4-6-16)13-25-11-9-15-7-8-19(24-17(15)10-12-25)27-14-20(21,22)23/h7-8,16,18H,2-6,9-14H2,1H3/t18-/m0/s1. The van der Waals surface area contributed by atoms with Gasteiger partial charge >= 0.3 is 6.18 Å². The van der Waals surface area contributed by atoms with Crippen LogP contribution in [0, 0.1) is 5.92 Å². The zero-order valence-corrected chi connectivity index (χ0v) is 15.9. The number of nitrogens with zero attached hydrogens (tertiary/aromatic N) is 2. The second-order valence-electron chi connectivity index (χ2n) is 7.63. The number of rotatable bonds is 6. The van der Waals surface area contributed by atoms with Crippen LogP contribution in [-0.2, 0) is 17.6 Å². The number of hydrogen-bond donors (Lipinski definition) is 0. The van der Waals surface area contributed by atoms with Crippen LogP contribution in [0.15, 0.2) is 12.1 Å². The fourth-order valence-corrected chi connectivity index (χ4v) is 4.20. The Labute approximate surface area is 159 Å². The lowest BCUT2D eigenvalue weighted by Gasteiger charge is -2.33. The number of pyridine rings is 1. The van der Waals surface area contributed by atoms with Crippen LogP contribution in [0.5, 0.6) is 5.88 Å². The molecule has 4 nitrogen and oxygen atoms in total. The molecule has 1 saturated carbocycles. The van der Waals surface area contributed by atoms with E-state index in [1.54, 1.807) is 13.2 Å². The van der Waals surface area contributed by atoms with Crippen molar-refractivity contribution < 1.29 is 22.6 Å². The van der Waals surface area contributed by atoms with Gasteiger partial charge in [-0.15, -0.1) is 0 Å². The van der Waals surface area contributed by atoms with Crippen molar-refractivity contribution in [3.63, 3.8) is 0 Å². The number of ether oxygens (including phenoxy) is 2. The lowest BCUT2D eigenvalue weighted by Crippen LogP contribution is -2.39. The monoisotopic (exact) mass is 386 g/mol. The van der Waals surface area contributed by atoms with Gasteiger partial charge in [0.15, 0.2) is 6.61 Å². The third-order valence-electron chi connectivity index (χ3n) is 5.71. The highest BCUT2D eigenvalue weighted by Gasteiger charge is 2.29. The van der Waals surface area contributed by atoms with Gasteiger partial charge in [0.25, 0.3) is 0 Å². The molecule has 0 spiro atoms. The molecule has 7 heteroatoms. The van der Waals surface area contributed by atoms with Crippen LogP contribution in [0.1, 0.15) is 43.4 Å². The molecule has 1 aromatic heterocycles. The van der Waals surface area contributed by atoms with Gasteiger partial charge in [0, 0.05) is 44.9 Å². The van der Waals surface area contributed by atoms with E-state index in [1.807, 2.05) is 6.07 Å². The van der Waals surface area contributed by atoms with Crippen LogP contribution in [0.4, 0.5) is 13.2 Å². The number of aromatic nitrogens is 1. The Hall–Kier alpha value is -1.34. The average molecular weight is 386 g/mol. The Morgan fingerprint density at radius 2 is 1.89 bits per heavy atom. The maximum Gasteiger partial charge on any atom is 0.422 e. The van der Waals surface area contributed by atoms with Gasteiger partial charge in [-0.25, -0.2) is 4.98 Å². The normalized spacial score (nSPS) is 20.7. The first-order valence-electron chi connectivity index (χ1n) is 9.88. The molecule has 1 aromatic rings. The Morgan fingerprint density at radius 3 is 2.59 bits per heavy atom. The fraction of sp³-hybridized carbons (Fsp3) is 0.750. The Balaban J connectivity index is 1.57. The maximum atomic E-state index is 12.3. The highest BCUT2D eigenvalue weighted by molar-refractivity contribution is 5.27. The van der Waals surface area contributed by atoms with Crippen molar-refractivity contribution in [1.29, 1.82) is 0 Å². The largest absolute Gasteiger partial charge is 0.468 e. The van der Waals surface area contributed by atoms with Crippen molar-refractivity contribution in [3.8, 4) is 5.88 Å². The van der Waals surface area contributed by atoms with E-state index in [4.69, 9.17) is 9.47 Å². The van der Waals surface area contributed by atoms with Gasteiger partial charge in [-0.1, -0.05) is 25.3 Å². The third kappa shape index (κ3) is 6.07. The van der Waals surface area contributed by atoms with E-state index in [-0.39, 0.29) is 12.0 Å². The molecule has 1 aliphatic carbocycles. The van der Waals surface area contributed by atoms with Crippen LogP contribution in [0.2, 0.25) is 0 Å². The van der Waals surface area contributed by atoms with Gasteiger partial charge in [0.2, 0.25) is 5.88 Å². The summed E-state index contributed by atoms with van der Waals surface area (Å²) in [6.45, 7) is 1.37. The zero-order valence-electron chi connectivity index (χ0n) is 15.9. The molecular formula is C20H29F3N2O2. The summed E-state index contributed by atoms with van der Waals surface area (Å²) in [6.07, 6.45) is 3.88. The fourth-order valence-electron chi connectivity index (χ4n) is 4.20. The first-order chi connectivity index (χ1) is 12.9. The summed E-state index contributed by atoms with van der Waals surface area (Å²) in [5, 5.41) is 0.